The van der Waals surface area contributed by atoms with Gasteiger partial charge in [-0.3, -0.25) is 15.4 Å². The second-order valence-corrected chi connectivity index (χ2v) is 5.38. The number of nitrogens with zero attached hydrogens (tertiary/aromatic N) is 3. The third-order valence-electron chi connectivity index (χ3n) is 3.62. The van der Waals surface area contributed by atoms with Gasteiger partial charge in [0.15, 0.2) is 11.6 Å². The normalized spacial score (nSPS) is 14.0. The number of hydrogen-bond donors (Lipinski definition) is 1. The van der Waals surface area contributed by atoms with Crippen molar-refractivity contribution in [1.29, 1.82) is 0 Å². The lowest BCUT2D eigenvalue weighted by molar-refractivity contribution is -0.385. The minimum absolute atomic E-state index is 0.174. The van der Waals surface area contributed by atoms with E-state index < -0.39 is 10.7 Å². The summed E-state index contributed by atoms with van der Waals surface area (Å²) in [5.74, 6) is -0.575. The number of morpholine rings is 1. The van der Waals surface area contributed by atoms with E-state index in [2.05, 4.69) is 10.3 Å². The molecule has 1 N–H and O–H groups in total. The fourth-order valence-corrected chi connectivity index (χ4v) is 2.31. The maximum atomic E-state index is 13.9. The standard InChI is InChI=1S/C16H15FN4O5/c17-13-9-11(21(23)24)1-2-14(13)26-12-3-4-18-15(10-12)19-16(22)20-5-7-25-8-6-20/h1-4,9-10H,5-8H2,(H,18,19,22). The summed E-state index contributed by atoms with van der Waals surface area (Å²) in [5.41, 5.74) is -0.372. The third kappa shape index (κ3) is 4.22. The number of rotatable bonds is 4. The van der Waals surface area contributed by atoms with Crippen molar-refractivity contribution < 1.29 is 23.6 Å². The average molecular weight is 362 g/mol. The zero-order valence-electron chi connectivity index (χ0n) is 13.6. The van der Waals surface area contributed by atoms with E-state index in [0.717, 1.165) is 12.1 Å². The Morgan fingerprint density at radius 3 is 2.77 bits per heavy atom. The summed E-state index contributed by atoms with van der Waals surface area (Å²) in [7, 11) is 0. The molecule has 1 aromatic carbocycles. The molecule has 0 bridgehead atoms. The highest BCUT2D eigenvalue weighted by molar-refractivity contribution is 5.88. The van der Waals surface area contributed by atoms with Crippen LogP contribution in [-0.4, -0.2) is 47.1 Å². The summed E-state index contributed by atoms with van der Waals surface area (Å²) in [5, 5.41) is 13.3. The number of halogens is 1. The molecule has 0 spiro atoms. The van der Waals surface area contributed by atoms with Crippen molar-refractivity contribution in [2.45, 2.75) is 0 Å². The van der Waals surface area contributed by atoms with Crippen molar-refractivity contribution in [2.75, 3.05) is 31.6 Å². The van der Waals surface area contributed by atoms with Gasteiger partial charge in [-0.1, -0.05) is 0 Å². The van der Waals surface area contributed by atoms with E-state index in [1.807, 2.05) is 0 Å². The van der Waals surface area contributed by atoms with Crippen molar-refractivity contribution >= 4 is 17.5 Å². The number of ether oxygens (including phenoxy) is 2. The molecule has 1 aromatic heterocycles. The molecule has 0 saturated carbocycles. The number of anilines is 1. The van der Waals surface area contributed by atoms with Crippen LogP contribution in [0.1, 0.15) is 0 Å². The number of carbonyl (C=O) groups excluding carboxylic acids is 1. The van der Waals surface area contributed by atoms with Gasteiger partial charge < -0.3 is 14.4 Å². The summed E-state index contributed by atoms with van der Waals surface area (Å²) in [4.78, 5) is 27.7. The summed E-state index contributed by atoms with van der Waals surface area (Å²) < 4.78 is 24.5. The van der Waals surface area contributed by atoms with E-state index in [1.54, 1.807) is 4.90 Å². The van der Waals surface area contributed by atoms with Gasteiger partial charge in [-0.05, 0) is 12.1 Å². The number of urea groups is 1. The molecule has 0 unspecified atom stereocenters. The van der Waals surface area contributed by atoms with Crippen molar-refractivity contribution in [3.8, 4) is 11.5 Å². The van der Waals surface area contributed by atoms with Crippen LogP contribution in [0.4, 0.5) is 20.7 Å². The van der Waals surface area contributed by atoms with E-state index in [1.165, 1.54) is 24.4 Å². The Labute approximate surface area is 147 Å². The second kappa shape index (κ2) is 7.74. The first-order valence-electron chi connectivity index (χ1n) is 7.74. The highest BCUT2D eigenvalue weighted by Gasteiger charge is 2.17. The molecule has 26 heavy (non-hydrogen) atoms. The predicted octanol–water partition coefficient (Wildman–Crippen LogP) is 2.79. The molecule has 0 aliphatic carbocycles. The fourth-order valence-electron chi connectivity index (χ4n) is 2.31. The van der Waals surface area contributed by atoms with Crippen LogP contribution >= 0.6 is 0 Å². The van der Waals surface area contributed by atoms with Gasteiger partial charge in [0.2, 0.25) is 0 Å². The van der Waals surface area contributed by atoms with Crippen LogP contribution in [0.5, 0.6) is 11.5 Å². The molecule has 136 valence electrons. The topological polar surface area (TPSA) is 107 Å². The molecular formula is C16H15FN4O5. The number of amides is 2. The number of nitrogens with one attached hydrogen (secondary N) is 1. The minimum atomic E-state index is -0.866. The number of carbonyl (C=O) groups is 1. The number of nitro benzene ring substituents is 1. The molecule has 0 atom stereocenters. The maximum Gasteiger partial charge on any atom is 0.323 e. The van der Waals surface area contributed by atoms with Crippen LogP contribution in [0.25, 0.3) is 0 Å². The van der Waals surface area contributed by atoms with Gasteiger partial charge in [0.1, 0.15) is 11.6 Å². The number of hydrogen-bond acceptors (Lipinski definition) is 6. The van der Waals surface area contributed by atoms with Crippen molar-refractivity contribution in [3.05, 3.63) is 52.5 Å². The van der Waals surface area contributed by atoms with Gasteiger partial charge >= 0.3 is 6.03 Å². The molecule has 2 heterocycles. The van der Waals surface area contributed by atoms with Gasteiger partial charge in [0.05, 0.1) is 24.2 Å². The molecule has 1 aliphatic rings. The van der Waals surface area contributed by atoms with Crippen molar-refractivity contribution in [3.63, 3.8) is 0 Å². The Balaban J connectivity index is 1.69. The zero-order valence-corrected chi connectivity index (χ0v) is 13.6. The second-order valence-electron chi connectivity index (χ2n) is 5.38. The van der Waals surface area contributed by atoms with E-state index in [4.69, 9.17) is 9.47 Å². The smallest absolute Gasteiger partial charge is 0.323 e. The van der Waals surface area contributed by atoms with Crippen LogP contribution in [0.2, 0.25) is 0 Å². The molecule has 2 aromatic rings. The fraction of sp³-hybridized carbons (Fsp3) is 0.250. The molecule has 10 heteroatoms. The number of benzene rings is 1. The highest BCUT2D eigenvalue weighted by Crippen LogP contribution is 2.28. The molecule has 1 fully saturated rings. The molecule has 3 rings (SSSR count). The molecule has 2 amide bonds. The molecule has 1 saturated heterocycles. The average Bonchev–Trinajstić information content (AvgIpc) is 2.64. The van der Waals surface area contributed by atoms with Gasteiger partial charge in [0.25, 0.3) is 5.69 Å². The van der Waals surface area contributed by atoms with E-state index in [0.29, 0.717) is 26.3 Å². The molecule has 9 nitrogen and oxygen atoms in total. The third-order valence-corrected chi connectivity index (χ3v) is 3.62. The van der Waals surface area contributed by atoms with Crippen LogP contribution in [0.3, 0.4) is 0 Å². The molecule has 1 aliphatic heterocycles. The SMILES string of the molecule is O=C(Nc1cc(Oc2ccc([N+](=O)[O-])cc2F)ccn1)N1CCOCC1. The van der Waals surface area contributed by atoms with Crippen LogP contribution in [0.15, 0.2) is 36.5 Å². The van der Waals surface area contributed by atoms with Gasteiger partial charge in [-0.25, -0.2) is 14.2 Å². The van der Waals surface area contributed by atoms with Crippen molar-refractivity contribution in [1.82, 2.24) is 9.88 Å². The first-order valence-corrected chi connectivity index (χ1v) is 7.74. The zero-order chi connectivity index (χ0) is 18.5. The summed E-state index contributed by atoms with van der Waals surface area (Å²) in [6.45, 7) is 1.92. The monoisotopic (exact) mass is 362 g/mol. The summed E-state index contributed by atoms with van der Waals surface area (Å²) >= 11 is 0. The quantitative estimate of drug-likeness (QED) is 0.662. The van der Waals surface area contributed by atoms with Crippen LogP contribution in [0, 0.1) is 15.9 Å². The Kier molecular flexibility index (Phi) is 5.23. The minimum Gasteiger partial charge on any atom is -0.454 e. The van der Waals surface area contributed by atoms with Gasteiger partial charge in [0, 0.05) is 31.4 Å². The first-order chi connectivity index (χ1) is 12.5. The predicted molar refractivity (Wildman–Crippen MR) is 88.8 cm³/mol. The lowest BCUT2D eigenvalue weighted by Crippen LogP contribution is -2.43. The van der Waals surface area contributed by atoms with E-state index in [9.17, 15) is 19.3 Å². The van der Waals surface area contributed by atoms with Gasteiger partial charge in [-0.2, -0.15) is 0 Å². The number of pyridine rings is 1. The molecular weight excluding hydrogens is 347 g/mol. The lowest BCUT2D eigenvalue weighted by Gasteiger charge is -2.26. The maximum absolute atomic E-state index is 13.9. The van der Waals surface area contributed by atoms with E-state index >= 15 is 0 Å². The Morgan fingerprint density at radius 1 is 1.31 bits per heavy atom. The summed E-state index contributed by atoms with van der Waals surface area (Å²) in [6, 6.07) is 5.67. The highest BCUT2D eigenvalue weighted by atomic mass is 19.1. The van der Waals surface area contributed by atoms with Gasteiger partial charge in [-0.15, -0.1) is 0 Å². The number of nitro groups is 1. The first kappa shape index (κ1) is 17.5. The lowest BCUT2D eigenvalue weighted by atomic mass is 10.3. The summed E-state index contributed by atoms with van der Waals surface area (Å²) in [6.07, 6.45) is 1.40. The largest absolute Gasteiger partial charge is 0.454 e. The number of aromatic nitrogens is 1. The Bertz CT molecular complexity index is 826. The van der Waals surface area contributed by atoms with Crippen LogP contribution < -0.4 is 10.1 Å². The van der Waals surface area contributed by atoms with Crippen LogP contribution in [-0.2, 0) is 4.74 Å². The van der Waals surface area contributed by atoms with Crippen molar-refractivity contribution in [2.24, 2.45) is 0 Å². The Morgan fingerprint density at radius 2 is 2.08 bits per heavy atom. The number of non-ortho nitro benzene ring substituents is 1. The van der Waals surface area contributed by atoms with E-state index in [-0.39, 0.29) is 29.0 Å². The Hall–Kier alpha value is -3.27. The molecule has 0 radical (unpaired) electrons.